The zero-order chi connectivity index (χ0) is 22.1. The number of nitro groups is 1. The minimum atomic E-state index is -0.510. The lowest BCUT2D eigenvalue weighted by molar-refractivity contribution is -0.384. The van der Waals surface area contributed by atoms with Gasteiger partial charge in [0.15, 0.2) is 0 Å². The van der Waals surface area contributed by atoms with Gasteiger partial charge >= 0.3 is 0 Å². The van der Waals surface area contributed by atoms with Crippen molar-refractivity contribution in [2.45, 2.75) is 6.42 Å². The Morgan fingerprint density at radius 3 is 2.44 bits per heavy atom. The van der Waals surface area contributed by atoms with Gasteiger partial charge in [-0.05, 0) is 54.4 Å². The fourth-order valence-corrected chi connectivity index (χ4v) is 5.73. The van der Waals surface area contributed by atoms with Crippen molar-refractivity contribution in [3.63, 3.8) is 0 Å². The Labute approximate surface area is 182 Å². The predicted octanol–water partition coefficient (Wildman–Crippen LogP) is 3.25. The molecule has 6 atom stereocenters. The van der Waals surface area contributed by atoms with Crippen LogP contribution in [0.2, 0.25) is 0 Å². The topological polar surface area (TPSA) is 115 Å². The minimum absolute atomic E-state index is 0.137. The number of amides is 2. The number of carbonyl (C=O) groups excluding carboxylic acids is 2. The van der Waals surface area contributed by atoms with Gasteiger partial charge in [-0.25, -0.2) is 0 Å². The summed E-state index contributed by atoms with van der Waals surface area (Å²) < 4.78 is 10.8. The fourth-order valence-electron chi connectivity index (χ4n) is 5.73. The van der Waals surface area contributed by atoms with E-state index in [9.17, 15) is 19.7 Å². The van der Waals surface area contributed by atoms with E-state index in [1.807, 2.05) is 0 Å². The second kappa shape index (κ2) is 6.62. The molecule has 4 aliphatic carbocycles. The lowest BCUT2D eigenvalue weighted by Crippen LogP contribution is -2.40. The van der Waals surface area contributed by atoms with E-state index in [1.54, 1.807) is 24.3 Å². The van der Waals surface area contributed by atoms with Crippen molar-refractivity contribution in [2.24, 2.45) is 40.6 Å². The zero-order valence-electron chi connectivity index (χ0n) is 17.1. The molecule has 5 aliphatic rings. The number of nitro benzene ring substituents is 1. The third kappa shape index (κ3) is 2.60. The van der Waals surface area contributed by atoms with Gasteiger partial charge in [0.05, 0.1) is 41.7 Å². The first kappa shape index (κ1) is 19.0. The molecule has 2 bridgehead atoms. The number of allylic oxidation sites excluding steroid dienone is 2. The first-order valence-corrected chi connectivity index (χ1v) is 10.5. The molecule has 1 aliphatic heterocycles. The van der Waals surface area contributed by atoms with Gasteiger partial charge in [0.2, 0.25) is 0 Å². The van der Waals surface area contributed by atoms with E-state index in [0.717, 1.165) is 11.4 Å². The molecule has 9 heteroatoms. The molecule has 2 aromatic rings. The van der Waals surface area contributed by atoms with Gasteiger partial charge in [0.25, 0.3) is 17.5 Å². The Balaban J connectivity index is 1.25. The third-order valence-electron chi connectivity index (χ3n) is 7.23. The van der Waals surface area contributed by atoms with Crippen LogP contribution in [0.5, 0.6) is 5.75 Å². The number of imide groups is 1. The van der Waals surface area contributed by atoms with Crippen LogP contribution in [0, 0.1) is 45.6 Å². The van der Waals surface area contributed by atoms with E-state index in [-0.39, 0.29) is 58.3 Å². The van der Waals surface area contributed by atoms with E-state index >= 15 is 0 Å². The second-order valence-electron chi connectivity index (χ2n) is 8.73. The molecule has 0 spiro atoms. The summed E-state index contributed by atoms with van der Waals surface area (Å²) in [7, 11) is 1.43. The number of furan rings is 1. The molecule has 32 heavy (non-hydrogen) atoms. The molecule has 1 aromatic carbocycles. The summed E-state index contributed by atoms with van der Waals surface area (Å²) in [4.78, 5) is 36.9. The summed E-state index contributed by atoms with van der Waals surface area (Å²) in [5.74, 6) is 1.12. The molecule has 2 saturated carbocycles. The van der Waals surface area contributed by atoms with Gasteiger partial charge in [0.1, 0.15) is 17.3 Å². The number of methoxy groups -OCH3 is 1. The first-order chi connectivity index (χ1) is 15.5. The van der Waals surface area contributed by atoms with E-state index < -0.39 is 4.92 Å². The second-order valence-corrected chi connectivity index (χ2v) is 8.73. The quantitative estimate of drug-likeness (QED) is 0.235. The molecule has 162 valence electrons. The van der Waals surface area contributed by atoms with Crippen molar-refractivity contribution in [2.75, 3.05) is 7.11 Å². The Hall–Kier alpha value is -3.75. The normalized spacial score (nSPS) is 31.8. The summed E-state index contributed by atoms with van der Waals surface area (Å²) in [5.41, 5.74) is 0.134. The van der Waals surface area contributed by atoms with Crippen LogP contribution in [0.15, 0.2) is 52.0 Å². The van der Waals surface area contributed by atoms with Gasteiger partial charge in [-0.15, -0.1) is 0 Å². The van der Waals surface area contributed by atoms with Crippen molar-refractivity contribution in [3.8, 4) is 17.1 Å². The van der Waals surface area contributed by atoms with Crippen LogP contribution in [-0.2, 0) is 9.59 Å². The predicted molar refractivity (Wildman–Crippen MR) is 111 cm³/mol. The molecule has 0 N–H and O–H groups in total. The van der Waals surface area contributed by atoms with Crippen LogP contribution in [0.1, 0.15) is 12.2 Å². The standard InChI is InChI=1S/C23H19N3O6/c1-31-11-2-4-15(18(8-11)26(29)30)19-7-3-12(32-19)10-24-25-22(27)20-13-5-6-14(17-9-16(13)17)21(20)23(25)28/h2-8,10,13-14,16-17,20-21H,9H2,1H3/b24-10-/t13-,14-,16-,17-,20+,21+/m1/s1. The summed E-state index contributed by atoms with van der Waals surface area (Å²) >= 11 is 0. The Morgan fingerprint density at radius 2 is 1.81 bits per heavy atom. The fraction of sp³-hybridized carbons (Fsp3) is 0.348. The Morgan fingerprint density at radius 1 is 1.12 bits per heavy atom. The van der Waals surface area contributed by atoms with Gasteiger partial charge in [-0.1, -0.05) is 12.2 Å². The molecule has 2 heterocycles. The van der Waals surface area contributed by atoms with Crippen LogP contribution in [0.3, 0.4) is 0 Å². The molecule has 0 radical (unpaired) electrons. The maximum atomic E-state index is 13.0. The highest BCUT2D eigenvalue weighted by Crippen LogP contribution is 2.65. The average molecular weight is 433 g/mol. The minimum Gasteiger partial charge on any atom is -0.497 e. The van der Waals surface area contributed by atoms with E-state index in [2.05, 4.69) is 17.3 Å². The molecule has 1 aromatic heterocycles. The van der Waals surface area contributed by atoms with Crippen LogP contribution in [0.4, 0.5) is 5.69 Å². The summed E-state index contributed by atoms with van der Waals surface area (Å²) in [5, 5.41) is 16.6. The summed E-state index contributed by atoms with van der Waals surface area (Å²) in [6.45, 7) is 0. The smallest absolute Gasteiger partial charge is 0.284 e. The number of ether oxygens (including phenoxy) is 1. The molecular formula is C23H19N3O6. The largest absolute Gasteiger partial charge is 0.497 e. The van der Waals surface area contributed by atoms with Crippen LogP contribution in [-0.4, -0.2) is 35.1 Å². The number of rotatable bonds is 5. The van der Waals surface area contributed by atoms with Crippen molar-refractivity contribution >= 4 is 23.7 Å². The Kier molecular flexibility index (Phi) is 3.93. The van der Waals surface area contributed by atoms with Crippen molar-refractivity contribution in [1.29, 1.82) is 0 Å². The zero-order valence-corrected chi connectivity index (χ0v) is 17.1. The van der Waals surface area contributed by atoms with E-state index in [0.29, 0.717) is 17.6 Å². The molecular weight excluding hydrogens is 414 g/mol. The number of carbonyl (C=O) groups is 2. The summed E-state index contributed by atoms with van der Waals surface area (Å²) in [6.07, 6.45) is 6.63. The highest BCUT2D eigenvalue weighted by atomic mass is 16.6. The first-order valence-electron chi connectivity index (χ1n) is 10.5. The average Bonchev–Trinajstić information content (AvgIpc) is 3.44. The number of nitrogens with zero attached hydrogens (tertiary/aromatic N) is 3. The molecule has 0 unspecified atom stereocenters. The third-order valence-corrected chi connectivity index (χ3v) is 7.23. The van der Waals surface area contributed by atoms with Gasteiger partial charge in [-0.2, -0.15) is 10.1 Å². The van der Waals surface area contributed by atoms with Gasteiger partial charge in [-0.3, -0.25) is 19.7 Å². The molecule has 3 fully saturated rings. The van der Waals surface area contributed by atoms with E-state index in [1.165, 1.54) is 19.4 Å². The maximum absolute atomic E-state index is 13.0. The van der Waals surface area contributed by atoms with Crippen LogP contribution in [0.25, 0.3) is 11.3 Å². The van der Waals surface area contributed by atoms with Gasteiger partial charge < -0.3 is 9.15 Å². The van der Waals surface area contributed by atoms with Crippen molar-refractivity contribution in [1.82, 2.24) is 5.01 Å². The lowest BCUT2D eigenvalue weighted by Gasteiger charge is -2.37. The number of hydrogen-bond acceptors (Lipinski definition) is 7. The monoisotopic (exact) mass is 433 g/mol. The van der Waals surface area contributed by atoms with E-state index in [4.69, 9.17) is 9.15 Å². The number of hydrazone groups is 1. The number of hydrogen-bond donors (Lipinski definition) is 0. The highest BCUT2D eigenvalue weighted by Gasteiger charge is 2.67. The SMILES string of the molecule is COc1ccc(-c2ccc(/C=N\N3C(=O)[C@H]4[C@@H]5C=C[C@H]([C@H]6C[C@H]56)[C@@H]4C3=O)o2)c([N+](=O)[O-])c1. The lowest BCUT2D eigenvalue weighted by atomic mass is 9.63. The molecule has 7 rings (SSSR count). The Bertz CT molecular complexity index is 1190. The van der Waals surface area contributed by atoms with Crippen molar-refractivity contribution < 1.29 is 23.7 Å². The van der Waals surface area contributed by atoms with Crippen LogP contribution >= 0.6 is 0 Å². The highest BCUT2D eigenvalue weighted by molar-refractivity contribution is 6.06. The molecule has 2 amide bonds. The van der Waals surface area contributed by atoms with Crippen LogP contribution < -0.4 is 4.74 Å². The number of benzene rings is 1. The summed E-state index contributed by atoms with van der Waals surface area (Å²) in [6, 6.07) is 7.65. The molecule has 9 nitrogen and oxygen atoms in total. The van der Waals surface area contributed by atoms with Gasteiger partial charge in [0, 0.05) is 0 Å². The maximum Gasteiger partial charge on any atom is 0.284 e. The van der Waals surface area contributed by atoms with Crippen molar-refractivity contribution in [3.05, 3.63) is 58.4 Å². The molecule has 1 saturated heterocycles.